The molecule has 0 radical (unpaired) electrons. The SMILES string of the molecule is COCOC(=O)[C@@H](O)c1cccc(Cl)c1. The maximum absolute atomic E-state index is 11.2. The lowest BCUT2D eigenvalue weighted by Crippen LogP contribution is -2.16. The fraction of sp³-hybridized carbons (Fsp3) is 0.300. The summed E-state index contributed by atoms with van der Waals surface area (Å²) in [6, 6.07) is 6.38. The number of carbonyl (C=O) groups excluding carboxylic acids is 1. The highest BCUT2D eigenvalue weighted by Crippen LogP contribution is 2.18. The molecule has 0 heterocycles. The van der Waals surface area contributed by atoms with Crippen molar-refractivity contribution in [2.45, 2.75) is 6.10 Å². The lowest BCUT2D eigenvalue weighted by atomic mass is 10.1. The van der Waals surface area contributed by atoms with Gasteiger partial charge in [-0.3, -0.25) is 0 Å². The van der Waals surface area contributed by atoms with Crippen LogP contribution in [0.15, 0.2) is 24.3 Å². The predicted octanol–water partition coefficient (Wildman–Crippen LogP) is 1.52. The second-order valence-corrected chi connectivity index (χ2v) is 3.26. The van der Waals surface area contributed by atoms with E-state index in [1.165, 1.54) is 13.2 Å². The van der Waals surface area contributed by atoms with Crippen molar-refractivity contribution in [1.82, 2.24) is 0 Å². The molecule has 1 rings (SSSR count). The molecule has 1 atom stereocenters. The molecule has 0 unspecified atom stereocenters. The van der Waals surface area contributed by atoms with Crippen molar-refractivity contribution >= 4 is 17.6 Å². The van der Waals surface area contributed by atoms with Crippen LogP contribution < -0.4 is 0 Å². The number of hydrogen-bond acceptors (Lipinski definition) is 4. The zero-order valence-electron chi connectivity index (χ0n) is 8.14. The average Bonchev–Trinajstić information content (AvgIpc) is 2.24. The minimum atomic E-state index is -1.33. The molecule has 82 valence electrons. The van der Waals surface area contributed by atoms with E-state index in [4.69, 9.17) is 11.6 Å². The summed E-state index contributed by atoms with van der Waals surface area (Å²) in [7, 11) is 1.39. The first kappa shape index (κ1) is 12.0. The van der Waals surface area contributed by atoms with Crippen molar-refractivity contribution in [1.29, 1.82) is 0 Å². The molecule has 0 aliphatic heterocycles. The van der Waals surface area contributed by atoms with Gasteiger partial charge >= 0.3 is 5.97 Å². The van der Waals surface area contributed by atoms with Crippen molar-refractivity contribution in [2.24, 2.45) is 0 Å². The molecule has 0 aromatic heterocycles. The van der Waals surface area contributed by atoms with Gasteiger partial charge in [0.05, 0.1) is 0 Å². The molecule has 0 saturated heterocycles. The monoisotopic (exact) mass is 230 g/mol. The molecule has 0 saturated carbocycles. The fourth-order valence-corrected chi connectivity index (χ4v) is 1.21. The Balaban J connectivity index is 2.67. The summed E-state index contributed by atoms with van der Waals surface area (Å²) in [6.45, 7) is -0.184. The van der Waals surface area contributed by atoms with E-state index in [9.17, 15) is 9.90 Å². The number of rotatable bonds is 4. The van der Waals surface area contributed by atoms with Crippen LogP contribution in [0.4, 0.5) is 0 Å². The Morgan fingerprint density at radius 1 is 1.60 bits per heavy atom. The zero-order valence-corrected chi connectivity index (χ0v) is 8.90. The molecular formula is C10H11ClO4. The average molecular weight is 231 g/mol. The Hall–Kier alpha value is -1.10. The van der Waals surface area contributed by atoms with Crippen molar-refractivity contribution in [3.63, 3.8) is 0 Å². The van der Waals surface area contributed by atoms with E-state index in [1.54, 1.807) is 18.2 Å². The van der Waals surface area contributed by atoms with Gasteiger partial charge in [0.15, 0.2) is 12.9 Å². The second kappa shape index (κ2) is 5.70. The first-order chi connectivity index (χ1) is 7.15. The van der Waals surface area contributed by atoms with Gasteiger partial charge in [0.25, 0.3) is 0 Å². The van der Waals surface area contributed by atoms with Crippen LogP contribution in [0.5, 0.6) is 0 Å². The number of halogens is 1. The van der Waals surface area contributed by atoms with E-state index in [0.717, 1.165) is 0 Å². The van der Waals surface area contributed by atoms with Crippen LogP contribution >= 0.6 is 11.6 Å². The maximum Gasteiger partial charge on any atom is 0.341 e. The molecule has 0 fully saturated rings. The number of ether oxygens (including phenoxy) is 2. The summed E-state index contributed by atoms with van der Waals surface area (Å²) < 4.78 is 9.14. The number of benzene rings is 1. The quantitative estimate of drug-likeness (QED) is 0.630. The van der Waals surface area contributed by atoms with Gasteiger partial charge < -0.3 is 14.6 Å². The fourth-order valence-electron chi connectivity index (χ4n) is 1.01. The van der Waals surface area contributed by atoms with Gasteiger partial charge in [-0.1, -0.05) is 23.7 Å². The molecular weight excluding hydrogens is 220 g/mol. The number of carbonyl (C=O) groups is 1. The Morgan fingerprint density at radius 3 is 2.93 bits per heavy atom. The maximum atomic E-state index is 11.2. The van der Waals surface area contributed by atoms with Crippen LogP contribution in [0.25, 0.3) is 0 Å². The lowest BCUT2D eigenvalue weighted by molar-refractivity contribution is -0.164. The summed E-state index contributed by atoms with van der Waals surface area (Å²) in [4.78, 5) is 11.2. The molecule has 0 spiro atoms. The molecule has 0 aliphatic rings. The second-order valence-electron chi connectivity index (χ2n) is 2.83. The number of methoxy groups -OCH3 is 1. The largest absolute Gasteiger partial charge is 0.436 e. The Labute approximate surface area is 92.4 Å². The van der Waals surface area contributed by atoms with Crippen LogP contribution in [0.2, 0.25) is 5.02 Å². The summed E-state index contributed by atoms with van der Waals surface area (Å²) in [5, 5.41) is 10.0. The Kier molecular flexibility index (Phi) is 4.55. The molecule has 5 heteroatoms. The standard InChI is InChI=1S/C10H11ClO4/c1-14-6-15-10(13)9(12)7-3-2-4-8(11)5-7/h2-5,9,12H,6H2,1H3/t9-/m0/s1. The molecule has 0 bridgehead atoms. The van der Waals surface area contributed by atoms with Crippen molar-refractivity contribution < 1.29 is 19.4 Å². The summed E-state index contributed by atoms with van der Waals surface area (Å²) >= 11 is 5.71. The van der Waals surface area contributed by atoms with E-state index in [1.807, 2.05) is 0 Å². The summed E-state index contributed by atoms with van der Waals surface area (Å²) in [5.74, 6) is -0.765. The van der Waals surface area contributed by atoms with Gasteiger partial charge in [0.2, 0.25) is 0 Å². The van der Waals surface area contributed by atoms with E-state index >= 15 is 0 Å². The molecule has 4 nitrogen and oxygen atoms in total. The van der Waals surface area contributed by atoms with Crippen LogP contribution in [-0.4, -0.2) is 25.0 Å². The third kappa shape index (κ3) is 3.51. The molecule has 1 N–H and O–H groups in total. The van der Waals surface area contributed by atoms with Gasteiger partial charge in [0.1, 0.15) is 0 Å². The van der Waals surface area contributed by atoms with Gasteiger partial charge in [0, 0.05) is 12.1 Å². The topological polar surface area (TPSA) is 55.8 Å². The lowest BCUT2D eigenvalue weighted by Gasteiger charge is -2.10. The van der Waals surface area contributed by atoms with E-state index < -0.39 is 12.1 Å². The number of hydrogen-bond donors (Lipinski definition) is 1. The van der Waals surface area contributed by atoms with Crippen LogP contribution in [0.1, 0.15) is 11.7 Å². The van der Waals surface area contributed by atoms with Gasteiger partial charge in [-0.05, 0) is 17.7 Å². The van der Waals surface area contributed by atoms with Crippen molar-refractivity contribution in [2.75, 3.05) is 13.9 Å². The van der Waals surface area contributed by atoms with Gasteiger partial charge in [-0.2, -0.15) is 0 Å². The number of aliphatic hydroxyl groups excluding tert-OH is 1. The zero-order chi connectivity index (χ0) is 11.3. The van der Waals surface area contributed by atoms with Crippen LogP contribution in [-0.2, 0) is 14.3 Å². The Morgan fingerprint density at radius 2 is 2.33 bits per heavy atom. The van der Waals surface area contributed by atoms with E-state index in [-0.39, 0.29) is 6.79 Å². The highest BCUT2D eigenvalue weighted by Gasteiger charge is 2.18. The third-order valence-corrected chi connectivity index (χ3v) is 1.94. The Bertz CT molecular complexity index is 340. The van der Waals surface area contributed by atoms with Gasteiger partial charge in [-0.15, -0.1) is 0 Å². The summed E-state index contributed by atoms with van der Waals surface area (Å²) in [6.07, 6.45) is -1.33. The molecule has 1 aromatic carbocycles. The normalized spacial score (nSPS) is 12.2. The van der Waals surface area contributed by atoms with Crippen molar-refractivity contribution in [3.05, 3.63) is 34.9 Å². The highest BCUT2D eigenvalue weighted by atomic mass is 35.5. The molecule has 0 aliphatic carbocycles. The molecule has 15 heavy (non-hydrogen) atoms. The van der Waals surface area contributed by atoms with Crippen LogP contribution in [0.3, 0.4) is 0 Å². The van der Waals surface area contributed by atoms with Crippen molar-refractivity contribution in [3.8, 4) is 0 Å². The van der Waals surface area contributed by atoms with E-state index in [0.29, 0.717) is 10.6 Å². The first-order valence-corrected chi connectivity index (χ1v) is 4.62. The smallest absolute Gasteiger partial charge is 0.341 e. The first-order valence-electron chi connectivity index (χ1n) is 4.24. The van der Waals surface area contributed by atoms with Gasteiger partial charge in [-0.25, -0.2) is 4.79 Å². The number of esters is 1. The predicted molar refractivity (Wildman–Crippen MR) is 54.4 cm³/mol. The molecule has 0 amide bonds. The minimum absolute atomic E-state index is 0.184. The highest BCUT2D eigenvalue weighted by molar-refractivity contribution is 6.30. The van der Waals surface area contributed by atoms with E-state index in [2.05, 4.69) is 9.47 Å². The van der Waals surface area contributed by atoms with Crippen LogP contribution in [0, 0.1) is 0 Å². The third-order valence-electron chi connectivity index (χ3n) is 1.71. The summed E-state index contributed by atoms with van der Waals surface area (Å²) in [5.41, 5.74) is 0.392. The number of aliphatic hydroxyl groups is 1. The minimum Gasteiger partial charge on any atom is -0.436 e. The molecule has 1 aromatic rings.